The number of ether oxygens (including phenoxy) is 1. The number of rotatable bonds is 4. The average molecular weight is 351 g/mol. The number of nitrogens with zero attached hydrogens (tertiary/aromatic N) is 4. The van der Waals surface area contributed by atoms with Crippen molar-refractivity contribution in [2.75, 3.05) is 23.9 Å². The molecule has 0 aliphatic carbocycles. The van der Waals surface area contributed by atoms with Crippen molar-refractivity contribution in [3.63, 3.8) is 0 Å². The molecule has 0 spiro atoms. The summed E-state index contributed by atoms with van der Waals surface area (Å²) in [4.78, 5) is 30.7. The number of carbonyl (C=O) groups is 2. The van der Waals surface area contributed by atoms with Gasteiger partial charge in [0.2, 0.25) is 11.8 Å². The SMILES string of the molecule is COc1ccc(N2C[C@@H](C(=O)Nc3cnc4ccnn4c3)CC2=O)cc1. The van der Waals surface area contributed by atoms with E-state index in [2.05, 4.69) is 15.4 Å². The molecule has 0 saturated carbocycles. The Hall–Kier alpha value is -3.42. The van der Waals surface area contributed by atoms with E-state index in [4.69, 9.17) is 4.74 Å². The molecule has 132 valence electrons. The molecule has 1 aliphatic rings. The Bertz CT molecular complexity index is 966. The van der Waals surface area contributed by atoms with Gasteiger partial charge in [-0.15, -0.1) is 0 Å². The summed E-state index contributed by atoms with van der Waals surface area (Å²) >= 11 is 0. The third kappa shape index (κ3) is 2.97. The monoisotopic (exact) mass is 351 g/mol. The van der Waals surface area contributed by atoms with Crippen LogP contribution in [0, 0.1) is 5.92 Å². The molecule has 8 nitrogen and oxygen atoms in total. The normalized spacial score (nSPS) is 16.9. The van der Waals surface area contributed by atoms with Crippen molar-refractivity contribution in [2.45, 2.75) is 6.42 Å². The first kappa shape index (κ1) is 16.1. The molecular formula is C18H17N5O3. The molecule has 1 aromatic carbocycles. The predicted molar refractivity (Wildman–Crippen MR) is 95.1 cm³/mol. The number of hydrogen-bond acceptors (Lipinski definition) is 5. The first-order valence-corrected chi connectivity index (χ1v) is 8.19. The summed E-state index contributed by atoms with van der Waals surface area (Å²) < 4.78 is 6.71. The van der Waals surface area contributed by atoms with Gasteiger partial charge in [-0.1, -0.05) is 0 Å². The number of amides is 2. The minimum absolute atomic E-state index is 0.0732. The van der Waals surface area contributed by atoms with Crippen LogP contribution < -0.4 is 15.0 Å². The molecule has 8 heteroatoms. The van der Waals surface area contributed by atoms with Crippen molar-refractivity contribution in [3.8, 4) is 5.75 Å². The van der Waals surface area contributed by atoms with Crippen LogP contribution in [-0.2, 0) is 9.59 Å². The molecule has 4 rings (SSSR count). The molecule has 1 saturated heterocycles. The van der Waals surface area contributed by atoms with Crippen LogP contribution in [0.15, 0.2) is 48.9 Å². The van der Waals surface area contributed by atoms with E-state index in [9.17, 15) is 9.59 Å². The van der Waals surface area contributed by atoms with E-state index in [1.807, 2.05) is 12.1 Å². The molecule has 26 heavy (non-hydrogen) atoms. The summed E-state index contributed by atoms with van der Waals surface area (Å²) in [6, 6.07) is 8.98. The van der Waals surface area contributed by atoms with Crippen molar-refractivity contribution in [1.82, 2.24) is 14.6 Å². The molecule has 0 bridgehead atoms. The average Bonchev–Trinajstić information content (AvgIpc) is 3.28. The van der Waals surface area contributed by atoms with Crippen molar-refractivity contribution in [1.29, 1.82) is 0 Å². The second kappa shape index (κ2) is 6.47. The van der Waals surface area contributed by atoms with E-state index >= 15 is 0 Å². The van der Waals surface area contributed by atoms with E-state index < -0.39 is 5.92 Å². The lowest BCUT2D eigenvalue weighted by Gasteiger charge is -2.17. The molecule has 1 fully saturated rings. The van der Waals surface area contributed by atoms with Gasteiger partial charge < -0.3 is 15.0 Å². The molecule has 0 radical (unpaired) electrons. The standard InChI is InChI=1S/C18H17N5O3/c1-26-15-4-2-14(3-5-15)22-10-12(8-17(22)24)18(25)21-13-9-19-16-6-7-20-23(16)11-13/h2-7,9,11-12H,8,10H2,1H3,(H,21,25)/t12-/m0/s1. The minimum Gasteiger partial charge on any atom is -0.497 e. The summed E-state index contributed by atoms with van der Waals surface area (Å²) in [7, 11) is 1.59. The zero-order chi connectivity index (χ0) is 18.1. The highest BCUT2D eigenvalue weighted by molar-refractivity contribution is 6.03. The summed E-state index contributed by atoms with van der Waals surface area (Å²) in [5, 5.41) is 6.91. The lowest BCUT2D eigenvalue weighted by molar-refractivity contribution is -0.122. The topological polar surface area (TPSA) is 88.8 Å². The highest BCUT2D eigenvalue weighted by Gasteiger charge is 2.35. The highest BCUT2D eigenvalue weighted by Crippen LogP contribution is 2.27. The van der Waals surface area contributed by atoms with Crippen LogP contribution in [0.4, 0.5) is 11.4 Å². The minimum atomic E-state index is -0.419. The third-order valence-corrected chi connectivity index (χ3v) is 4.39. The number of methoxy groups -OCH3 is 1. The van der Waals surface area contributed by atoms with E-state index in [1.165, 1.54) is 0 Å². The third-order valence-electron chi connectivity index (χ3n) is 4.39. The number of anilines is 2. The summed E-state index contributed by atoms with van der Waals surface area (Å²) in [5.74, 6) is 0.0211. The second-order valence-electron chi connectivity index (χ2n) is 6.07. The van der Waals surface area contributed by atoms with Crippen LogP contribution in [0.3, 0.4) is 0 Å². The summed E-state index contributed by atoms with van der Waals surface area (Å²) in [5.41, 5.74) is 2.00. The number of nitrogens with one attached hydrogen (secondary N) is 1. The maximum atomic E-state index is 12.5. The van der Waals surface area contributed by atoms with Gasteiger partial charge in [0.25, 0.3) is 0 Å². The van der Waals surface area contributed by atoms with Crippen LogP contribution >= 0.6 is 0 Å². The molecule has 1 aliphatic heterocycles. The van der Waals surface area contributed by atoms with E-state index in [0.29, 0.717) is 17.9 Å². The number of aromatic nitrogens is 3. The highest BCUT2D eigenvalue weighted by atomic mass is 16.5. The molecule has 2 aromatic heterocycles. The smallest absolute Gasteiger partial charge is 0.229 e. The quantitative estimate of drug-likeness (QED) is 0.773. The molecule has 3 aromatic rings. The number of carbonyl (C=O) groups excluding carboxylic acids is 2. The molecule has 3 heterocycles. The molecular weight excluding hydrogens is 334 g/mol. The van der Waals surface area contributed by atoms with Gasteiger partial charge in [0, 0.05) is 24.7 Å². The van der Waals surface area contributed by atoms with Crippen molar-refractivity contribution < 1.29 is 14.3 Å². The fraction of sp³-hybridized carbons (Fsp3) is 0.222. The van der Waals surface area contributed by atoms with Crippen molar-refractivity contribution >= 4 is 28.8 Å². The first-order chi connectivity index (χ1) is 12.6. The van der Waals surface area contributed by atoms with Gasteiger partial charge >= 0.3 is 0 Å². The molecule has 0 unspecified atom stereocenters. The summed E-state index contributed by atoms with van der Waals surface area (Å²) in [6.45, 7) is 0.342. The van der Waals surface area contributed by atoms with E-state index in [-0.39, 0.29) is 18.2 Å². The van der Waals surface area contributed by atoms with E-state index in [1.54, 1.807) is 53.3 Å². The Morgan fingerprint density at radius 3 is 2.85 bits per heavy atom. The maximum Gasteiger partial charge on any atom is 0.229 e. The first-order valence-electron chi connectivity index (χ1n) is 8.19. The van der Waals surface area contributed by atoms with Gasteiger partial charge in [-0.3, -0.25) is 9.59 Å². The number of hydrogen-bond donors (Lipinski definition) is 1. The lowest BCUT2D eigenvalue weighted by Crippen LogP contribution is -2.28. The van der Waals surface area contributed by atoms with Crippen LogP contribution in [0.2, 0.25) is 0 Å². The largest absolute Gasteiger partial charge is 0.497 e. The van der Waals surface area contributed by atoms with Gasteiger partial charge in [0.15, 0.2) is 5.65 Å². The van der Waals surface area contributed by atoms with Crippen LogP contribution in [0.25, 0.3) is 5.65 Å². The molecule has 1 N–H and O–H groups in total. The number of fused-ring (bicyclic) bond motifs is 1. The number of benzene rings is 1. The molecule has 2 amide bonds. The van der Waals surface area contributed by atoms with Crippen molar-refractivity contribution in [3.05, 3.63) is 48.9 Å². The maximum absolute atomic E-state index is 12.5. The van der Waals surface area contributed by atoms with E-state index in [0.717, 1.165) is 11.4 Å². The predicted octanol–water partition coefficient (Wildman–Crippen LogP) is 1.73. The second-order valence-corrected chi connectivity index (χ2v) is 6.07. The molecule has 1 atom stereocenters. The van der Waals surface area contributed by atoms with Gasteiger partial charge in [-0.25, -0.2) is 9.50 Å². The fourth-order valence-electron chi connectivity index (χ4n) is 3.01. The lowest BCUT2D eigenvalue weighted by atomic mass is 10.1. The Balaban J connectivity index is 1.45. The van der Waals surface area contributed by atoms with Gasteiger partial charge in [-0.2, -0.15) is 5.10 Å². The van der Waals surface area contributed by atoms with Gasteiger partial charge in [0.1, 0.15) is 5.75 Å². The Labute approximate surface area is 149 Å². The van der Waals surface area contributed by atoms with Gasteiger partial charge in [0.05, 0.1) is 37.3 Å². The zero-order valence-electron chi connectivity index (χ0n) is 14.1. The van der Waals surface area contributed by atoms with Crippen LogP contribution in [0.5, 0.6) is 5.75 Å². The summed E-state index contributed by atoms with van der Waals surface area (Å²) in [6.07, 6.45) is 5.08. The Morgan fingerprint density at radius 1 is 1.27 bits per heavy atom. The van der Waals surface area contributed by atoms with Crippen molar-refractivity contribution in [2.24, 2.45) is 5.92 Å². The van der Waals surface area contributed by atoms with Gasteiger partial charge in [-0.05, 0) is 24.3 Å². The Kier molecular flexibility index (Phi) is 4.00. The Morgan fingerprint density at radius 2 is 2.08 bits per heavy atom. The zero-order valence-corrected chi connectivity index (χ0v) is 14.1. The van der Waals surface area contributed by atoms with Crippen LogP contribution in [-0.4, -0.2) is 40.1 Å². The van der Waals surface area contributed by atoms with Crippen LogP contribution in [0.1, 0.15) is 6.42 Å². The fourth-order valence-corrected chi connectivity index (χ4v) is 3.01.